The maximum absolute atomic E-state index is 12.0. The van der Waals surface area contributed by atoms with E-state index in [0.29, 0.717) is 25.2 Å². The number of piperidine rings is 1. The van der Waals surface area contributed by atoms with Gasteiger partial charge in [-0.2, -0.15) is 15.4 Å². The van der Waals surface area contributed by atoms with Gasteiger partial charge >= 0.3 is 0 Å². The highest BCUT2D eigenvalue weighted by molar-refractivity contribution is 5.92. The number of nitrogens with one attached hydrogen (secondary N) is 2. The van der Waals surface area contributed by atoms with E-state index in [0.717, 1.165) is 19.4 Å². The van der Waals surface area contributed by atoms with Crippen LogP contribution in [0.1, 0.15) is 29.8 Å². The second-order valence-electron chi connectivity index (χ2n) is 5.10. The number of aromatic nitrogens is 3. The lowest BCUT2D eigenvalue weighted by molar-refractivity contribution is -0.119. The summed E-state index contributed by atoms with van der Waals surface area (Å²) in [5, 5.41) is 12.8. The van der Waals surface area contributed by atoms with E-state index in [1.54, 1.807) is 4.90 Å². The molecule has 2 saturated heterocycles. The number of H-pyrrole nitrogens is 1. The van der Waals surface area contributed by atoms with Gasteiger partial charge in [0.25, 0.3) is 5.91 Å². The van der Waals surface area contributed by atoms with Crippen molar-refractivity contribution >= 4 is 11.8 Å². The molecule has 0 saturated carbocycles. The highest BCUT2D eigenvalue weighted by Gasteiger charge is 2.41. The molecule has 0 aromatic carbocycles. The summed E-state index contributed by atoms with van der Waals surface area (Å²) < 4.78 is 0. The van der Waals surface area contributed by atoms with E-state index in [-0.39, 0.29) is 17.2 Å². The van der Waals surface area contributed by atoms with Crippen LogP contribution >= 0.6 is 0 Å². The van der Waals surface area contributed by atoms with Gasteiger partial charge in [0.1, 0.15) is 0 Å². The lowest BCUT2D eigenvalue weighted by atomic mass is 9.77. The fraction of sp³-hybridized carbons (Fsp3) is 0.636. The first-order valence-corrected chi connectivity index (χ1v) is 6.10. The second kappa shape index (κ2) is 4.08. The van der Waals surface area contributed by atoms with Gasteiger partial charge in [0.15, 0.2) is 5.69 Å². The Kier molecular flexibility index (Phi) is 2.53. The Morgan fingerprint density at radius 3 is 2.72 bits per heavy atom. The summed E-state index contributed by atoms with van der Waals surface area (Å²) in [5.74, 6) is 0.0437. The molecule has 2 aliphatic rings. The minimum atomic E-state index is -0.0871. The molecule has 1 aromatic heterocycles. The average molecular weight is 249 g/mol. The van der Waals surface area contributed by atoms with E-state index < -0.39 is 0 Å². The van der Waals surface area contributed by atoms with Crippen LogP contribution in [0.2, 0.25) is 0 Å². The zero-order valence-electron chi connectivity index (χ0n) is 9.98. The Hall–Kier alpha value is -1.92. The summed E-state index contributed by atoms with van der Waals surface area (Å²) in [6.45, 7) is 2.11. The van der Waals surface area contributed by atoms with Crippen molar-refractivity contribution in [1.82, 2.24) is 25.6 Å². The van der Waals surface area contributed by atoms with Crippen LogP contribution in [0.25, 0.3) is 0 Å². The molecule has 1 aromatic rings. The number of amides is 2. The molecule has 2 fully saturated rings. The summed E-state index contributed by atoms with van der Waals surface area (Å²) in [6, 6.07) is 0. The zero-order chi connectivity index (χ0) is 12.6. The van der Waals surface area contributed by atoms with Crippen molar-refractivity contribution in [1.29, 1.82) is 0 Å². The molecule has 0 bridgehead atoms. The van der Waals surface area contributed by atoms with E-state index in [1.807, 2.05) is 0 Å². The fourth-order valence-corrected chi connectivity index (χ4v) is 2.76. The molecule has 96 valence electrons. The molecule has 2 N–H and O–H groups in total. The minimum absolute atomic E-state index is 0.0672. The molecule has 2 amide bonds. The third kappa shape index (κ3) is 1.85. The first-order chi connectivity index (χ1) is 8.69. The van der Waals surface area contributed by atoms with Crippen LogP contribution in [-0.2, 0) is 4.79 Å². The van der Waals surface area contributed by atoms with Gasteiger partial charge in [0.05, 0.1) is 6.20 Å². The molecule has 0 atom stereocenters. The Morgan fingerprint density at radius 2 is 2.17 bits per heavy atom. The van der Waals surface area contributed by atoms with Gasteiger partial charge in [-0.1, -0.05) is 0 Å². The van der Waals surface area contributed by atoms with Gasteiger partial charge in [0.2, 0.25) is 5.91 Å². The third-order valence-electron chi connectivity index (χ3n) is 3.94. The fourth-order valence-electron chi connectivity index (χ4n) is 2.76. The van der Waals surface area contributed by atoms with Gasteiger partial charge in [-0.3, -0.25) is 9.59 Å². The molecule has 7 nitrogen and oxygen atoms in total. The molecule has 2 aliphatic heterocycles. The number of carbonyl (C=O) groups excluding carboxylic acids is 2. The molecule has 18 heavy (non-hydrogen) atoms. The van der Waals surface area contributed by atoms with Crippen LogP contribution in [0.3, 0.4) is 0 Å². The molecule has 0 radical (unpaired) electrons. The number of likely N-dealkylation sites (tertiary alicyclic amines) is 1. The first-order valence-electron chi connectivity index (χ1n) is 6.10. The maximum atomic E-state index is 12.0. The SMILES string of the molecule is O=C1CC2(CCN(C(=O)c3cn[nH]n3)CC2)CN1. The quantitative estimate of drug-likeness (QED) is 0.705. The first kappa shape index (κ1) is 11.2. The average Bonchev–Trinajstić information content (AvgIpc) is 3.00. The normalized spacial score (nSPS) is 22.2. The predicted octanol–water partition coefficient (Wildman–Crippen LogP) is -0.453. The van der Waals surface area contributed by atoms with Crippen molar-refractivity contribution in [3.63, 3.8) is 0 Å². The highest BCUT2D eigenvalue weighted by Crippen LogP contribution is 2.37. The van der Waals surface area contributed by atoms with Crippen LogP contribution in [-0.4, -0.2) is 51.8 Å². The Bertz CT molecular complexity index is 462. The molecular weight excluding hydrogens is 234 g/mol. The number of rotatable bonds is 1. The molecular formula is C11H15N5O2. The summed E-state index contributed by atoms with van der Waals surface area (Å²) in [7, 11) is 0. The number of nitrogens with zero attached hydrogens (tertiary/aromatic N) is 3. The molecule has 0 unspecified atom stereocenters. The number of hydrogen-bond donors (Lipinski definition) is 2. The molecule has 0 aliphatic carbocycles. The van der Waals surface area contributed by atoms with Crippen LogP contribution in [0, 0.1) is 5.41 Å². The molecule has 7 heteroatoms. The second-order valence-corrected chi connectivity index (χ2v) is 5.10. The molecule has 3 heterocycles. The van der Waals surface area contributed by atoms with E-state index in [1.165, 1.54) is 6.20 Å². The third-order valence-corrected chi connectivity index (χ3v) is 3.94. The van der Waals surface area contributed by atoms with Gasteiger partial charge < -0.3 is 10.2 Å². The Morgan fingerprint density at radius 1 is 1.39 bits per heavy atom. The van der Waals surface area contributed by atoms with E-state index in [2.05, 4.69) is 20.7 Å². The van der Waals surface area contributed by atoms with Gasteiger partial charge in [-0.15, -0.1) is 0 Å². The molecule has 1 spiro atoms. The summed E-state index contributed by atoms with van der Waals surface area (Å²) in [5.41, 5.74) is 0.420. The van der Waals surface area contributed by atoms with Crippen LogP contribution in [0.5, 0.6) is 0 Å². The zero-order valence-corrected chi connectivity index (χ0v) is 9.98. The lowest BCUT2D eigenvalue weighted by Crippen LogP contribution is -2.44. The maximum Gasteiger partial charge on any atom is 0.276 e. The Balaban J connectivity index is 1.64. The predicted molar refractivity (Wildman–Crippen MR) is 61.6 cm³/mol. The highest BCUT2D eigenvalue weighted by atomic mass is 16.2. The number of carbonyl (C=O) groups is 2. The monoisotopic (exact) mass is 249 g/mol. The van der Waals surface area contributed by atoms with Crippen molar-refractivity contribution in [2.24, 2.45) is 5.41 Å². The lowest BCUT2D eigenvalue weighted by Gasteiger charge is -2.37. The van der Waals surface area contributed by atoms with E-state index in [4.69, 9.17) is 0 Å². The standard InChI is InChI=1S/C11H15N5O2/c17-9-5-11(7-12-9)1-3-16(4-2-11)10(18)8-6-13-15-14-8/h6H,1-5,7H2,(H,12,17)(H,13,14,15). The smallest absolute Gasteiger partial charge is 0.276 e. The van der Waals surface area contributed by atoms with Gasteiger partial charge in [0, 0.05) is 26.1 Å². The molecule has 3 rings (SSSR count). The van der Waals surface area contributed by atoms with E-state index >= 15 is 0 Å². The topological polar surface area (TPSA) is 91.0 Å². The summed E-state index contributed by atoms with van der Waals surface area (Å²) in [4.78, 5) is 25.1. The van der Waals surface area contributed by atoms with Crippen molar-refractivity contribution in [2.75, 3.05) is 19.6 Å². The van der Waals surface area contributed by atoms with Crippen LogP contribution in [0.15, 0.2) is 6.20 Å². The largest absolute Gasteiger partial charge is 0.356 e. The van der Waals surface area contributed by atoms with Crippen LogP contribution < -0.4 is 5.32 Å². The van der Waals surface area contributed by atoms with Gasteiger partial charge in [-0.25, -0.2) is 0 Å². The van der Waals surface area contributed by atoms with E-state index in [9.17, 15) is 9.59 Å². The minimum Gasteiger partial charge on any atom is -0.356 e. The van der Waals surface area contributed by atoms with Crippen molar-refractivity contribution in [3.8, 4) is 0 Å². The van der Waals surface area contributed by atoms with Crippen LogP contribution in [0.4, 0.5) is 0 Å². The summed E-state index contributed by atoms with van der Waals surface area (Å²) >= 11 is 0. The Labute approximate surface area is 104 Å². The number of aromatic amines is 1. The van der Waals surface area contributed by atoms with Crippen molar-refractivity contribution < 1.29 is 9.59 Å². The van der Waals surface area contributed by atoms with Crippen molar-refractivity contribution in [2.45, 2.75) is 19.3 Å². The number of hydrogen-bond acceptors (Lipinski definition) is 4. The summed E-state index contributed by atoms with van der Waals surface area (Å²) in [6.07, 6.45) is 3.77. The van der Waals surface area contributed by atoms with Gasteiger partial charge in [-0.05, 0) is 18.3 Å². The van der Waals surface area contributed by atoms with Crippen molar-refractivity contribution in [3.05, 3.63) is 11.9 Å².